The van der Waals surface area contributed by atoms with Gasteiger partial charge in [-0.1, -0.05) is 6.42 Å². The summed E-state index contributed by atoms with van der Waals surface area (Å²) in [7, 11) is 1.62. The minimum atomic E-state index is 0.0759. The first-order valence-corrected chi connectivity index (χ1v) is 7.24. The second kappa shape index (κ2) is 7.01. The molecular weight excluding hydrogens is 244 g/mol. The fraction of sp³-hybridized carbons (Fsp3) is 0.857. The van der Waals surface area contributed by atoms with Gasteiger partial charge in [0.25, 0.3) is 0 Å². The van der Waals surface area contributed by atoms with Crippen molar-refractivity contribution in [1.82, 2.24) is 10.2 Å². The number of ketones is 1. The Hall–Kier alpha value is -0.940. The molecule has 1 amide bonds. The smallest absolute Gasteiger partial charge is 0.221 e. The Kier molecular flexibility index (Phi) is 5.34. The highest BCUT2D eigenvalue weighted by Crippen LogP contribution is 2.32. The van der Waals surface area contributed by atoms with Crippen LogP contribution in [-0.4, -0.2) is 55.5 Å². The maximum absolute atomic E-state index is 11.7. The number of hydrogen-bond acceptors (Lipinski definition) is 4. The number of carbonyl (C=O) groups is 2. The first-order chi connectivity index (χ1) is 9.20. The molecule has 2 saturated heterocycles. The lowest BCUT2D eigenvalue weighted by atomic mass is 9.83. The Morgan fingerprint density at radius 2 is 2.05 bits per heavy atom. The number of fused-ring (bicyclic) bond motifs is 2. The maximum atomic E-state index is 11.7. The van der Waals surface area contributed by atoms with E-state index in [1.54, 1.807) is 7.11 Å². The van der Waals surface area contributed by atoms with E-state index in [4.69, 9.17) is 4.74 Å². The van der Waals surface area contributed by atoms with Crippen molar-refractivity contribution in [3.63, 3.8) is 0 Å². The third kappa shape index (κ3) is 4.01. The van der Waals surface area contributed by atoms with Crippen LogP contribution in [0.25, 0.3) is 0 Å². The van der Waals surface area contributed by atoms with Gasteiger partial charge in [-0.3, -0.25) is 14.5 Å². The lowest BCUT2D eigenvalue weighted by Crippen LogP contribution is -2.53. The van der Waals surface area contributed by atoms with E-state index in [1.807, 2.05) is 0 Å². The summed E-state index contributed by atoms with van der Waals surface area (Å²) in [5.41, 5.74) is 0. The Morgan fingerprint density at radius 3 is 2.68 bits per heavy atom. The molecular formula is C14H24N2O3. The summed E-state index contributed by atoms with van der Waals surface area (Å²) in [5.74, 6) is 0.475. The fourth-order valence-electron chi connectivity index (χ4n) is 3.24. The van der Waals surface area contributed by atoms with Crippen molar-refractivity contribution in [2.75, 3.05) is 26.8 Å². The number of ether oxygens (including phenoxy) is 1. The second-order valence-corrected chi connectivity index (χ2v) is 5.52. The van der Waals surface area contributed by atoms with Gasteiger partial charge < -0.3 is 10.1 Å². The second-order valence-electron chi connectivity index (χ2n) is 5.52. The van der Waals surface area contributed by atoms with Crippen LogP contribution in [0, 0.1) is 0 Å². The van der Waals surface area contributed by atoms with E-state index in [9.17, 15) is 9.59 Å². The molecule has 1 N–H and O–H groups in total. The number of nitrogens with zero attached hydrogens (tertiary/aromatic N) is 1. The zero-order chi connectivity index (χ0) is 13.7. The molecule has 108 valence electrons. The number of rotatable bonds is 6. The molecule has 0 spiro atoms. The van der Waals surface area contributed by atoms with Gasteiger partial charge in [0, 0.05) is 51.5 Å². The third-order valence-corrected chi connectivity index (χ3v) is 4.16. The van der Waals surface area contributed by atoms with Crippen molar-refractivity contribution < 1.29 is 14.3 Å². The largest absolute Gasteiger partial charge is 0.383 e. The molecule has 2 rings (SSSR count). The molecule has 5 heteroatoms. The topological polar surface area (TPSA) is 58.6 Å². The number of Topliss-reactive ketones (excluding diaryl/α,β-unsaturated/α-hetero) is 1. The van der Waals surface area contributed by atoms with Crippen LogP contribution in [0.1, 0.15) is 38.5 Å². The molecule has 2 aliphatic rings. The van der Waals surface area contributed by atoms with Crippen LogP contribution in [0.15, 0.2) is 0 Å². The summed E-state index contributed by atoms with van der Waals surface area (Å²) in [6, 6.07) is 0.763. The molecule has 2 unspecified atom stereocenters. The minimum absolute atomic E-state index is 0.0759. The van der Waals surface area contributed by atoms with Crippen LogP contribution in [0.3, 0.4) is 0 Å². The number of nitrogens with one attached hydrogen (secondary N) is 1. The van der Waals surface area contributed by atoms with Gasteiger partial charge >= 0.3 is 0 Å². The standard InChI is InChI=1S/C14H24N2O3/c1-19-8-6-15-14(18)5-7-16-11-3-2-4-12(16)10-13(17)9-11/h11-12H,2-10H2,1H3,(H,15,18). The van der Waals surface area contributed by atoms with E-state index in [1.165, 1.54) is 6.42 Å². The summed E-state index contributed by atoms with van der Waals surface area (Å²) in [4.78, 5) is 25.7. The van der Waals surface area contributed by atoms with E-state index < -0.39 is 0 Å². The molecule has 0 aromatic heterocycles. The van der Waals surface area contributed by atoms with E-state index >= 15 is 0 Å². The van der Waals surface area contributed by atoms with Gasteiger partial charge in [0.2, 0.25) is 5.91 Å². The molecule has 0 aliphatic carbocycles. The Labute approximate surface area is 114 Å². The molecule has 2 heterocycles. The highest BCUT2D eigenvalue weighted by Gasteiger charge is 2.37. The number of methoxy groups -OCH3 is 1. The first kappa shape index (κ1) is 14.5. The molecule has 2 fully saturated rings. The number of hydrogen-bond donors (Lipinski definition) is 1. The van der Waals surface area contributed by atoms with Gasteiger partial charge in [0.1, 0.15) is 5.78 Å². The van der Waals surface area contributed by atoms with Gasteiger partial charge in [-0.2, -0.15) is 0 Å². The summed E-state index contributed by atoms with van der Waals surface area (Å²) in [6.07, 6.45) is 5.31. The Bertz CT molecular complexity index is 317. The molecule has 0 aromatic carbocycles. The molecule has 0 saturated carbocycles. The molecule has 0 aromatic rings. The summed E-state index contributed by atoms with van der Waals surface area (Å²) >= 11 is 0. The quantitative estimate of drug-likeness (QED) is 0.721. The Morgan fingerprint density at radius 1 is 1.37 bits per heavy atom. The predicted octanol–water partition coefficient (Wildman–Crippen LogP) is 0.725. The number of carbonyl (C=O) groups excluding carboxylic acids is 2. The van der Waals surface area contributed by atoms with Crippen LogP contribution in [0.4, 0.5) is 0 Å². The maximum Gasteiger partial charge on any atom is 0.221 e. The Balaban J connectivity index is 1.76. The van der Waals surface area contributed by atoms with E-state index in [0.29, 0.717) is 50.3 Å². The van der Waals surface area contributed by atoms with Crippen LogP contribution >= 0.6 is 0 Å². The van der Waals surface area contributed by atoms with Crippen molar-refractivity contribution >= 4 is 11.7 Å². The van der Waals surface area contributed by atoms with Crippen LogP contribution < -0.4 is 5.32 Å². The fourth-order valence-corrected chi connectivity index (χ4v) is 3.24. The van der Waals surface area contributed by atoms with Crippen molar-refractivity contribution in [3.05, 3.63) is 0 Å². The molecule has 2 aliphatic heterocycles. The SMILES string of the molecule is COCCNC(=O)CCN1C2CCCC1CC(=O)C2. The van der Waals surface area contributed by atoms with Crippen molar-refractivity contribution in [2.45, 2.75) is 50.6 Å². The summed E-state index contributed by atoms with van der Waals surface area (Å²) < 4.78 is 4.90. The van der Waals surface area contributed by atoms with E-state index in [-0.39, 0.29) is 5.91 Å². The normalized spacial score (nSPS) is 27.3. The third-order valence-electron chi connectivity index (χ3n) is 4.16. The van der Waals surface area contributed by atoms with Gasteiger partial charge in [-0.05, 0) is 12.8 Å². The highest BCUT2D eigenvalue weighted by atomic mass is 16.5. The predicted molar refractivity (Wildman–Crippen MR) is 71.9 cm³/mol. The van der Waals surface area contributed by atoms with Crippen molar-refractivity contribution in [2.24, 2.45) is 0 Å². The van der Waals surface area contributed by atoms with E-state index in [0.717, 1.165) is 19.4 Å². The van der Waals surface area contributed by atoms with Crippen LogP contribution in [0.5, 0.6) is 0 Å². The molecule has 19 heavy (non-hydrogen) atoms. The van der Waals surface area contributed by atoms with Gasteiger partial charge in [0.05, 0.1) is 6.61 Å². The van der Waals surface area contributed by atoms with Crippen molar-refractivity contribution in [1.29, 1.82) is 0 Å². The van der Waals surface area contributed by atoms with Gasteiger partial charge in [0.15, 0.2) is 0 Å². The lowest BCUT2D eigenvalue weighted by Gasteiger charge is -2.45. The molecule has 2 bridgehead atoms. The van der Waals surface area contributed by atoms with Crippen LogP contribution in [0.2, 0.25) is 0 Å². The average molecular weight is 268 g/mol. The first-order valence-electron chi connectivity index (χ1n) is 7.24. The zero-order valence-corrected chi connectivity index (χ0v) is 11.7. The van der Waals surface area contributed by atoms with E-state index in [2.05, 4.69) is 10.2 Å². The minimum Gasteiger partial charge on any atom is -0.383 e. The summed E-state index contributed by atoms with van der Waals surface area (Å²) in [6.45, 7) is 1.90. The highest BCUT2D eigenvalue weighted by molar-refractivity contribution is 5.80. The number of amides is 1. The molecule has 5 nitrogen and oxygen atoms in total. The lowest BCUT2D eigenvalue weighted by molar-refractivity contribution is -0.127. The molecule has 2 atom stereocenters. The monoisotopic (exact) mass is 268 g/mol. The number of piperidine rings is 2. The van der Waals surface area contributed by atoms with Gasteiger partial charge in [-0.15, -0.1) is 0 Å². The zero-order valence-electron chi connectivity index (χ0n) is 11.7. The van der Waals surface area contributed by atoms with Gasteiger partial charge in [-0.25, -0.2) is 0 Å². The average Bonchev–Trinajstić information content (AvgIpc) is 2.36. The van der Waals surface area contributed by atoms with Crippen molar-refractivity contribution in [3.8, 4) is 0 Å². The van der Waals surface area contributed by atoms with Crippen LogP contribution in [-0.2, 0) is 14.3 Å². The summed E-state index contributed by atoms with van der Waals surface area (Å²) in [5, 5.41) is 2.84. The molecule has 0 radical (unpaired) electrons.